The second-order valence-electron chi connectivity index (χ2n) is 7.49. The number of rotatable bonds is 8. The summed E-state index contributed by atoms with van der Waals surface area (Å²) in [6.45, 7) is 2.67. The van der Waals surface area contributed by atoms with Gasteiger partial charge in [0.2, 0.25) is 0 Å². The van der Waals surface area contributed by atoms with Gasteiger partial charge in [0.05, 0.1) is 42.5 Å². The molecule has 2 aromatic rings. The van der Waals surface area contributed by atoms with E-state index in [0.29, 0.717) is 38.5 Å². The van der Waals surface area contributed by atoms with Gasteiger partial charge < -0.3 is 24.6 Å². The number of non-ortho nitro benzene ring substituents is 1. The van der Waals surface area contributed by atoms with Crippen LogP contribution >= 0.6 is 0 Å². The lowest BCUT2D eigenvalue weighted by Gasteiger charge is -2.30. The van der Waals surface area contributed by atoms with Crippen LogP contribution in [0.3, 0.4) is 0 Å². The number of benzene rings is 2. The second kappa shape index (κ2) is 10.2. The van der Waals surface area contributed by atoms with E-state index in [4.69, 9.17) is 9.47 Å². The smallest absolute Gasteiger partial charge is 0.270 e. The third kappa shape index (κ3) is 5.31. The van der Waals surface area contributed by atoms with Gasteiger partial charge in [-0.05, 0) is 26.2 Å². The largest absolute Gasteiger partial charge is 0.496 e. The minimum absolute atomic E-state index is 0.115. The summed E-state index contributed by atoms with van der Waals surface area (Å²) in [5.41, 5.74) is 1.79. The first kappa shape index (κ1) is 22.5. The molecule has 0 saturated carbocycles. The number of nitro groups is 1. The number of anilines is 1. The first-order valence-corrected chi connectivity index (χ1v) is 10.1. The predicted molar refractivity (Wildman–Crippen MR) is 118 cm³/mol. The number of nitrogens with zero attached hydrogens (tertiary/aromatic N) is 3. The Morgan fingerprint density at radius 1 is 1.26 bits per heavy atom. The first-order chi connectivity index (χ1) is 14.9. The molecule has 1 aliphatic heterocycles. The molecule has 0 radical (unpaired) electrons. The average Bonchev–Trinajstić information content (AvgIpc) is 2.79. The molecule has 1 heterocycles. The Morgan fingerprint density at radius 3 is 2.61 bits per heavy atom. The average molecular weight is 428 g/mol. The Hall–Kier alpha value is -3.17. The van der Waals surface area contributed by atoms with Crippen LogP contribution in [0.25, 0.3) is 0 Å². The fourth-order valence-electron chi connectivity index (χ4n) is 3.70. The van der Waals surface area contributed by atoms with Gasteiger partial charge in [-0.3, -0.25) is 14.9 Å². The number of amides is 1. The molecule has 0 bridgehead atoms. The fraction of sp³-hybridized carbons (Fsp3) is 0.409. The zero-order chi connectivity index (χ0) is 22.4. The predicted octanol–water partition coefficient (Wildman–Crippen LogP) is 2.47. The lowest BCUT2D eigenvalue weighted by Crippen LogP contribution is -2.39. The van der Waals surface area contributed by atoms with Crippen LogP contribution in [0.5, 0.6) is 5.75 Å². The molecule has 9 heteroatoms. The molecule has 1 saturated heterocycles. The Labute approximate surface area is 181 Å². The Morgan fingerprint density at radius 2 is 1.97 bits per heavy atom. The van der Waals surface area contributed by atoms with E-state index < -0.39 is 4.92 Å². The molecule has 166 valence electrons. The molecule has 3 rings (SSSR count). The van der Waals surface area contributed by atoms with Gasteiger partial charge in [-0.25, -0.2) is 0 Å². The van der Waals surface area contributed by atoms with Crippen molar-refractivity contribution >= 4 is 17.3 Å². The molecule has 1 fully saturated rings. The summed E-state index contributed by atoms with van der Waals surface area (Å²) in [5.74, 6) is 0.381. The zero-order valence-electron chi connectivity index (χ0n) is 18.0. The summed E-state index contributed by atoms with van der Waals surface area (Å²) in [4.78, 5) is 28.0. The number of hydrogen-bond acceptors (Lipinski definition) is 7. The summed E-state index contributed by atoms with van der Waals surface area (Å²) in [7, 11) is 5.47. The molecule has 2 aromatic carbocycles. The Kier molecular flexibility index (Phi) is 7.43. The Bertz CT molecular complexity index is 928. The van der Waals surface area contributed by atoms with Gasteiger partial charge >= 0.3 is 0 Å². The van der Waals surface area contributed by atoms with Crippen molar-refractivity contribution in [2.75, 3.05) is 59.0 Å². The molecule has 1 N–H and O–H groups in total. The number of carbonyl (C=O) groups excluding carboxylic acids is 1. The highest BCUT2D eigenvalue weighted by Gasteiger charge is 2.24. The van der Waals surface area contributed by atoms with Gasteiger partial charge in [-0.2, -0.15) is 0 Å². The van der Waals surface area contributed by atoms with Crippen LogP contribution in [-0.4, -0.2) is 69.8 Å². The summed E-state index contributed by atoms with van der Waals surface area (Å²) in [6, 6.07) is 11.9. The van der Waals surface area contributed by atoms with E-state index in [-0.39, 0.29) is 23.2 Å². The van der Waals surface area contributed by atoms with Gasteiger partial charge in [0.25, 0.3) is 11.6 Å². The lowest BCUT2D eigenvalue weighted by atomic mass is 10.0. The van der Waals surface area contributed by atoms with Crippen LogP contribution in [0.2, 0.25) is 0 Å². The highest BCUT2D eigenvalue weighted by molar-refractivity contribution is 6.00. The van der Waals surface area contributed by atoms with Crippen molar-refractivity contribution in [1.29, 1.82) is 0 Å². The van der Waals surface area contributed by atoms with Crippen molar-refractivity contribution in [2.24, 2.45) is 0 Å². The molecule has 1 atom stereocenters. The van der Waals surface area contributed by atoms with E-state index in [1.807, 2.05) is 48.2 Å². The third-order valence-corrected chi connectivity index (χ3v) is 5.36. The monoisotopic (exact) mass is 428 g/mol. The number of carbonyl (C=O) groups is 1. The standard InChI is InChI=1S/C22H28N4O5/c1-24(2)20(17-6-4-5-7-21(17)30-3)15-23-22(27)18-14-16(26(28)29)8-9-19(18)25-10-12-31-13-11-25/h4-9,14,20H,10-13,15H2,1-3H3,(H,23,27). The third-order valence-electron chi connectivity index (χ3n) is 5.36. The molecule has 1 amide bonds. The number of para-hydroxylation sites is 1. The van der Waals surface area contributed by atoms with E-state index in [1.54, 1.807) is 13.2 Å². The number of ether oxygens (including phenoxy) is 2. The van der Waals surface area contributed by atoms with Gasteiger partial charge in [-0.1, -0.05) is 18.2 Å². The van der Waals surface area contributed by atoms with E-state index >= 15 is 0 Å². The Balaban J connectivity index is 1.85. The molecular weight excluding hydrogens is 400 g/mol. The van der Waals surface area contributed by atoms with Crippen LogP contribution in [0.1, 0.15) is 22.0 Å². The minimum atomic E-state index is -0.489. The zero-order valence-corrected chi connectivity index (χ0v) is 18.0. The number of methoxy groups -OCH3 is 1. The minimum Gasteiger partial charge on any atom is -0.496 e. The van der Waals surface area contributed by atoms with Crippen LogP contribution in [0, 0.1) is 10.1 Å². The molecule has 1 aliphatic rings. The fourth-order valence-corrected chi connectivity index (χ4v) is 3.70. The summed E-state index contributed by atoms with van der Waals surface area (Å²) in [6.07, 6.45) is 0. The van der Waals surface area contributed by atoms with Crippen LogP contribution in [-0.2, 0) is 4.74 Å². The molecule has 1 unspecified atom stereocenters. The second-order valence-corrected chi connectivity index (χ2v) is 7.49. The quantitative estimate of drug-likeness (QED) is 0.510. The van der Waals surface area contributed by atoms with Gasteiger partial charge in [-0.15, -0.1) is 0 Å². The number of nitrogens with one attached hydrogen (secondary N) is 1. The maximum Gasteiger partial charge on any atom is 0.270 e. The van der Waals surface area contributed by atoms with Gasteiger partial charge in [0.1, 0.15) is 5.75 Å². The highest BCUT2D eigenvalue weighted by atomic mass is 16.6. The number of morpholine rings is 1. The lowest BCUT2D eigenvalue weighted by molar-refractivity contribution is -0.384. The van der Waals surface area contributed by atoms with Crippen LogP contribution in [0.4, 0.5) is 11.4 Å². The van der Waals surface area contributed by atoms with E-state index in [9.17, 15) is 14.9 Å². The summed E-state index contributed by atoms with van der Waals surface area (Å²) in [5, 5.41) is 14.3. The maximum absolute atomic E-state index is 13.2. The topological polar surface area (TPSA) is 97.2 Å². The highest BCUT2D eigenvalue weighted by Crippen LogP contribution is 2.29. The van der Waals surface area contributed by atoms with Crippen molar-refractivity contribution in [3.8, 4) is 5.75 Å². The van der Waals surface area contributed by atoms with Crippen molar-refractivity contribution < 1.29 is 19.2 Å². The molecule has 0 aliphatic carbocycles. The number of likely N-dealkylation sites (N-methyl/N-ethyl adjacent to an activating group) is 1. The molecule has 0 spiro atoms. The normalized spacial score (nSPS) is 14.9. The number of nitro benzene ring substituents is 1. The maximum atomic E-state index is 13.2. The summed E-state index contributed by atoms with van der Waals surface area (Å²) < 4.78 is 10.9. The van der Waals surface area contributed by atoms with Crippen LogP contribution < -0.4 is 15.0 Å². The van der Waals surface area contributed by atoms with Gasteiger partial charge in [0, 0.05) is 37.3 Å². The first-order valence-electron chi connectivity index (χ1n) is 10.1. The SMILES string of the molecule is COc1ccccc1C(CNC(=O)c1cc([N+](=O)[O-])ccc1N1CCOCC1)N(C)C. The molecule has 9 nitrogen and oxygen atoms in total. The van der Waals surface area contributed by atoms with Crippen molar-refractivity contribution in [1.82, 2.24) is 10.2 Å². The number of hydrogen-bond donors (Lipinski definition) is 1. The van der Waals surface area contributed by atoms with Gasteiger partial charge in [0.15, 0.2) is 0 Å². The molecule has 31 heavy (non-hydrogen) atoms. The molecular formula is C22H28N4O5. The van der Waals surface area contributed by atoms with Crippen molar-refractivity contribution in [3.63, 3.8) is 0 Å². The van der Waals surface area contributed by atoms with Crippen molar-refractivity contribution in [2.45, 2.75) is 6.04 Å². The van der Waals surface area contributed by atoms with E-state index in [0.717, 1.165) is 11.3 Å². The molecule has 0 aromatic heterocycles. The van der Waals surface area contributed by atoms with E-state index in [1.165, 1.54) is 12.1 Å². The van der Waals surface area contributed by atoms with Crippen molar-refractivity contribution in [3.05, 3.63) is 63.7 Å². The van der Waals surface area contributed by atoms with Crippen LogP contribution in [0.15, 0.2) is 42.5 Å². The van der Waals surface area contributed by atoms with E-state index in [2.05, 4.69) is 5.32 Å². The summed E-state index contributed by atoms with van der Waals surface area (Å²) >= 11 is 0.